The largest absolute Gasteiger partial charge is 0.492 e. The quantitative estimate of drug-likeness (QED) is 0.789. The summed E-state index contributed by atoms with van der Waals surface area (Å²) in [6.45, 7) is 4.99. The number of hydrogen-bond donors (Lipinski definition) is 2. The monoisotopic (exact) mass is 297 g/mol. The van der Waals surface area contributed by atoms with E-state index in [9.17, 15) is 4.79 Å². The van der Waals surface area contributed by atoms with Crippen molar-refractivity contribution >= 4 is 27.8 Å². The molecule has 1 atom stereocenters. The van der Waals surface area contributed by atoms with Crippen LogP contribution in [0, 0.1) is 5.92 Å². The molecule has 6 heteroatoms. The van der Waals surface area contributed by atoms with Crippen molar-refractivity contribution in [2.75, 3.05) is 44.8 Å². The highest BCUT2D eigenvalue weighted by Gasteiger charge is 2.23. The molecule has 0 aromatic carbocycles. The summed E-state index contributed by atoms with van der Waals surface area (Å²) in [5, 5.41) is 4.27. The first kappa shape index (κ1) is 15.1. The number of hydrogen-bond acceptors (Lipinski definition) is 6. The van der Waals surface area contributed by atoms with E-state index in [0.29, 0.717) is 28.7 Å². The van der Waals surface area contributed by atoms with Gasteiger partial charge in [0.15, 0.2) is 11.5 Å². The third-order valence-corrected chi connectivity index (χ3v) is 4.90. The average Bonchev–Trinajstić information content (AvgIpc) is 2.99. The number of nitrogens with two attached hydrogens (primary N) is 1. The Kier molecular flexibility index (Phi) is 4.88. The molecule has 0 saturated carbocycles. The van der Waals surface area contributed by atoms with Crippen molar-refractivity contribution in [3.05, 3.63) is 4.88 Å². The summed E-state index contributed by atoms with van der Waals surface area (Å²) in [4.78, 5) is 14.8. The summed E-state index contributed by atoms with van der Waals surface area (Å²) in [5.74, 6) is 1.32. The Labute approximate surface area is 124 Å². The highest BCUT2D eigenvalue weighted by molar-refractivity contribution is 7.19. The summed E-state index contributed by atoms with van der Waals surface area (Å²) in [7, 11) is 3.73. The van der Waals surface area contributed by atoms with Gasteiger partial charge >= 0.3 is 0 Å². The van der Waals surface area contributed by atoms with Gasteiger partial charge in [-0.1, -0.05) is 6.92 Å². The molecular formula is C14H23N3O2S. The number of ketones is 1. The predicted octanol–water partition coefficient (Wildman–Crippen LogP) is 2.30. The number of methoxy groups -OCH3 is 1. The van der Waals surface area contributed by atoms with Crippen molar-refractivity contribution in [3.8, 4) is 5.75 Å². The number of nitrogens with one attached hydrogen (secondary N) is 1. The number of thiophene rings is 1. The van der Waals surface area contributed by atoms with Crippen LogP contribution in [-0.2, 0) is 0 Å². The molecule has 1 fully saturated rings. The first-order valence-corrected chi connectivity index (χ1v) is 7.80. The van der Waals surface area contributed by atoms with E-state index >= 15 is 0 Å². The molecule has 1 aliphatic heterocycles. The van der Waals surface area contributed by atoms with Crippen LogP contribution >= 0.6 is 11.3 Å². The van der Waals surface area contributed by atoms with Gasteiger partial charge in [0.05, 0.1) is 17.7 Å². The Bertz CT molecular complexity index is 487. The highest BCUT2D eigenvalue weighted by atomic mass is 32.1. The Hall–Kier alpha value is -1.27. The number of rotatable bonds is 6. The zero-order valence-corrected chi connectivity index (χ0v) is 13.2. The fourth-order valence-corrected chi connectivity index (χ4v) is 3.65. The van der Waals surface area contributed by atoms with Crippen LogP contribution in [0.15, 0.2) is 0 Å². The van der Waals surface area contributed by atoms with Crippen LogP contribution in [0.2, 0.25) is 0 Å². The summed E-state index contributed by atoms with van der Waals surface area (Å²) in [5.41, 5.74) is 6.48. The van der Waals surface area contributed by atoms with E-state index in [4.69, 9.17) is 10.5 Å². The van der Waals surface area contributed by atoms with E-state index < -0.39 is 0 Å². The average molecular weight is 297 g/mol. The van der Waals surface area contributed by atoms with Gasteiger partial charge in [-0.05, 0) is 25.9 Å². The van der Waals surface area contributed by atoms with Crippen LogP contribution in [0.25, 0.3) is 0 Å². The van der Waals surface area contributed by atoms with Crippen molar-refractivity contribution in [1.82, 2.24) is 4.90 Å². The lowest BCUT2D eigenvalue weighted by Crippen LogP contribution is -2.18. The number of likely N-dealkylation sites (tertiary alicyclic amines) is 1. The molecule has 0 aliphatic carbocycles. The summed E-state index contributed by atoms with van der Waals surface area (Å²) < 4.78 is 5.35. The molecule has 5 nitrogen and oxygen atoms in total. The first-order chi connectivity index (χ1) is 9.56. The topological polar surface area (TPSA) is 67.6 Å². The molecule has 2 heterocycles. The molecule has 0 bridgehead atoms. The second kappa shape index (κ2) is 6.45. The maximum absolute atomic E-state index is 11.9. The second-order valence-electron chi connectivity index (χ2n) is 5.28. The Morgan fingerprint density at radius 1 is 1.60 bits per heavy atom. The van der Waals surface area contributed by atoms with Crippen molar-refractivity contribution in [3.63, 3.8) is 0 Å². The van der Waals surface area contributed by atoms with Crippen LogP contribution in [0.4, 0.5) is 10.7 Å². The lowest BCUT2D eigenvalue weighted by Gasteiger charge is -2.12. The minimum Gasteiger partial charge on any atom is -0.492 e. The lowest BCUT2D eigenvalue weighted by molar-refractivity contribution is 0.0992. The Morgan fingerprint density at radius 3 is 2.90 bits per heavy atom. The van der Waals surface area contributed by atoms with Gasteiger partial charge in [0.25, 0.3) is 0 Å². The molecule has 1 aliphatic rings. The number of Topliss-reactive ketones (excluding diaryl/α,β-unsaturated/α-hetero) is 1. The fraction of sp³-hybridized carbons (Fsp3) is 0.643. The molecule has 0 radical (unpaired) electrons. The number of nitrogens with zero attached hydrogens (tertiary/aromatic N) is 1. The lowest BCUT2D eigenvalue weighted by atomic mass is 10.1. The number of ether oxygens (including phenoxy) is 1. The predicted molar refractivity (Wildman–Crippen MR) is 84.0 cm³/mol. The standard InChI is InChI=1S/C14H23N3O2S/c1-4-10(18)13-11(15)12(19-3)14(20-13)16-7-9-5-6-17(2)8-9/h9,16H,4-8,15H2,1-3H3. The van der Waals surface area contributed by atoms with Crippen LogP contribution < -0.4 is 15.8 Å². The van der Waals surface area contributed by atoms with Crippen molar-refractivity contribution in [2.24, 2.45) is 5.92 Å². The van der Waals surface area contributed by atoms with Gasteiger partial charge < -0.3 is 20.7 Å². The van der Waals surface area contributed by atoms with Gasteiger partial charge in [-0.3, -0.25) is 4.79 Å². The summed E-state index contributed by atoms with van der Waals surface area (Å²) >= 11 is 1.40. The van der Waals surface area contributed by atoms with Gasteiger partial charge in [-0.25, -0.2) is 0 Å². The summed E-state index contributed by atoms with van der Waals surface area (Å²) in [6, 6.07) is 0. The fourth-order valence-electron chi connectivity index (χ4n) is 2.55. The van der Waals surface area contributed by atoms with Crippen LogP contribution in [0.1, 0.15) is 29.4 Å². The Balaban J connectivity index is 2.08. The summed E-state index contributed by atoms with van der Waals surface area (Å²) in [6.07, 6.45) is 1.66. The van der Waals surface area contributed by atoms with E-state index in [1.54, 1.807) is 7.11 Å². The number of carbonyl (C=O) groups excluding carboxylic acids is 1. The third kappa shape index (κ3) is 3.07. The molecule has 20 heavy (non-hydrogen) atoms. The van der Waals surface area contributed by atoms with Crippen molar-refractivity contribution < 1.29 is 9.53 Å². The SMILES string of the molecule is CCC(=O)c1sc(NCC2CCN(C)C2)c(OC)c1N. The highest BCUT2D eigenvalue weighted by Crippen LogP contribution is 2.43. The zero-order chi connectivity index (χ0) is 14.7. The molecular weight excluding hydrogens is 274 g/mol. The van der Waals surface area contributed by atoms with Crippen LogP contribution in [-0.4, -0.2) is 44.5 Å². The van der Waals surface area contributed by atoms with Crippen molar-refractivity contribution in [2.45, 2.75) is 19.8 Å². The number of anilines is 2. The normalized spacial score (nSPS) is 19.2. The van der Waals surface area contributed by atoms with Gasteiger partial charge in [0, 0.05) is 19.5 Å². The molecule has 1 saturated heterocycles. The van der Waals surface area contributed by atoms with Gasteiger partial charge in [-0.15, -0.1) is 11.3 Å². The van der Waals surface area contributed by atoms with Crippen LogP contribution in [0.3, 0.4) is 0 Å². The van der Waals surface area contributed by atoms with Gasteiger partial charge in [-0.2, -0.15) is 0 Å². The molecule has 0 amide bonds. The van der Waals surface area contributed by atoms with Gasteiger partial charge in [0.2, 0.25) is 0 Å². The van der Waals surface area contributed by atoms with E-state index in [1.807, 2.05) is 6.92 Å². The van der Waals surface area contributed by atoms with Crippen LogP contribution in [0.5, 0.6) is 5.75 Å². The maximum Gasteiger partial charge on any atom is 0.176 e. The number of carbonyl (C=O) groups is 1. The molecule has 1 aromatic rings. The van der Waals surface area contributed by atoms with E-state index in [1.165, 1.54) is 17.8 Å². The molecule has 0 spiro atoms. The minimum absolute atomic E-state index is 0.0689. The minimum atomic E-state index is 0.0689. The number of nitrogen functional groups attached to an aromatic ring is 1. The Morgan fingerprint density at radius 2 is 2.35 bits per heavy atom. The van der Waals surface area contributed by atoms with E-state index in [0.717, 1.165) is 24.6 Å². The third-order valence-electron chi connectivity index (χ3n) is 3.72. The maximum atomic E-state index is 11.9. The smallest absolute Gasteiger partial charge is 0.176 e. The zero-order valence-electron chi connectivity index (χ0n) is 12.4. The van der Waals surface area contributed by atoms with E-state index in [-0.39, 0.29) is 5.78 Å². The molecule has 2 rings (SSSR count). The van der Waals surface area contributed by atoms with E-state index in [2.05, 4.69) is 17.3 Å². The molecule has 112 valence electrons. The first-order valence-electron chi connectivity index (χ1n) is 6.98. The van der Waals surface area contributed by atoms with Gasteiger partial charge in [0.1, 0.15) is 5.00 Å². The van der Waals surface area contributed by atoms with Crippen molar-refractivity contribution in [1.29, 1.82) is 0 Å². The molecule has 3 N–H and O–H groups in total. The molecule has 1 unspecified atom stereocenters. The molecule has 1 aromatic heterocycles. The second-order valence-corrected chi connectivity index (χ2v) is 6.30.